The number of rotatable bonds is 10. The largest absolute Gasteiger partial charge is 0.368 e. The quantitative estimate of drug-likeness (QED) is 0.406. The summed E-state index contributed by atoms with van der Waals surface area (Å²) in [6.07, 6.45) is 12.2. The number of hydrogen-bond acceptors (Lipinski definition) is 5. The number of anilines is 1. The number of unbranched alkanes of at least 4 members (excludes halogenated alkanes) is 6. The fourth-order valence-electron chi connectivity index (χ4n) is 1.95. The molecule has 0 unspecified atom stereocenters. The molecule has 6 heteroatoms. The van der Waals surface area contributed by atoms with E-state index in [1.165, 1.54) is 42.1 Å². The van der Waals surface area contributed by atoms with Gasteiger partial charge in [-0.2, -0.15) is 9.67 Å². The highest BCUT2D eigenvalue weighted by Crippen LogP contribution is 2.13. The van der Waals surface area contributed by atoms with Crippen LogP contribution in [0.4, 0.5) is 5.95 Å². The third kappa shape index (κ3) is 5.77. The SMILES string of the molecule is C=CCCCCCCCCC(=O)n1nc(SC)nc1N. The summed E-state index contributed by atoms with van der Waals surface area (Å²) in [7, 11) is 0. The first-order chi connectivity index (χ1) is 9.69. The van der Waals surface area contributed by atoms with Gasteiger partial charge in [0.2, 0.25) is 17.0 Å². The number of nitrogen functional groups attached to an aromatic ring is 1. The molecule has 0 amide bonds. The molecule has 1 rings (SSSR count). The third-order valence-electron chi connectivity index (χ3n) is 3.08. The van der Waals surface area contributed by atoms with Gasteiger partial charge in [-0.05, 0) is 25.5 Å². The minimum absolute atomic E-state index is 0.0676. The second-order valence-electron chi connectivity index (χ2n) is 4.71. The van der Waals surface area contributed by atoms with Crippen molar-refractivity contribution in [1.82, 2.24) is 14.8 Å². The van der Waals surface area contributed by atoms with Gasteiger partial charge in [0.1, 0.15) is 0 Å². The maximum Gasteiger partial charge on any atom is 0.250 e. The molecule has 0 aliphatic carbocycles. The van der Waals surface area contributed by atoms with Crippen molar-refractivity contribution < 1.29 is 4.79 Å². The summed E-state index contributed by atoms with van der Waals surface area (Å²) in [6, 6.07) is 0. The van der Waals surface area contributed by atoms with Gasteiger partial charge >= 0.3 is 0 Å². The van der Waals surface area contributed by atoms with Crippen LogP contribution in [0, 0.1) is 0 Å². The van der Waals surface area contributed by atoms with Crippen LogP contribution in [0.1, 0.15) is 56.2 Å². The number of allylic oxidation sites excluding steroid dienone is 1. The smallest absolute Gasteiger partial charge is 0.250 e. The Kier molecular flexibility index (Phi) is 8.02. The normalized spacial score (nSPS) is 10.7. The lowest BCUT2D eigenvalue weighted by Gasteiger charge is -2.02. The van der Waals surface area contributed by atoms with E-state index in [2.05, 4.69) is 16.7 Å². The van der Waals surface area contributed by atoms with Gasteiger partial charge in [-0.3, -0.25) is 4.79 Å². The van der Waals surface area contributed by atoms with Crippen molar-refractivity contribution in [3.63, 3.8) is 0 Å². The van der Waals surface area contributed by atoms with E-state index in [1.54, 1.807) is 0 Å². The molecule has 5 nitrogen and oxygen atoms in total. The van der Waals surface area contributed by atoms with Gasteiger partial charge in [-0.25, -0.2) is 0 Å². The fraction of sp³-hybridized carbons (Fsp3) is 0.643. The van der Waals surface area contributed by atoms with Crippen LogP contribution in [0.5, 0.6) is 0 Å². The zero-order chi connectivity index (χ0) is 14.8. The van der Waals surface area contributed by atoms with E-state index in [-0.39, 0.29) is 11.9 Å². The Balaban J connectivity index is 2.16. The summed E-state index contributed by atoms with van der Waals surface area (Å²) in [4.78, 5) is 15.9. The number of hydrogen-bond donors (Lipinski definition) is 1. The molecule has 1 aromatic rings. The molecular weight excluding hydrogens is 272 g/mol. The van der Waals surface area contributed by atoms with Crippen molar-refractivity contribution in [2.75, 3.05) is 12.0 Å². The zero-order valence-electron chi connectivity index (χ0n) is 12.2. The van der Waals surface area contributed by atoms with Crippen LogP contribution in [-0.4, -0.2) is 26.9 Å². The van der Waals surface area contributed by atoms with E-state index in [0.29, 0.717) is 11.6 Å². The predicted molar refractivity (Wildman–Crippen MR) is 84.0 cm³/mol. The van der Waals surface area contributed by atoms with Crippen LogP contribution in [0.25, 0.3) is 0 Å². The summed E-state index contributed by atoms with van der Waals surface area (Å²) >= 11 is 1.38. The number of carbonyl (C=O) groups is 1. The Morgan fingerprint density at radius 2 is 1.95 bits per heavy atom. The number of nitrogens with two attached hydrogens (primary N) is 1. The van der Waals surface area contributed by atoms with Gasteiger partial charge in [0.15, 0.2) is 0 Å². The average molecular weight is 296 g/mol. The van der Waals surface area contributed by atoms with Gasteiger partial charge in [-0.15, -0.1) is 11.7 Å². The van der Waals surface area contributed by atoms with E-state index < -0.39 is 0 Å². The first-order valence-corrected chi connectivity index (χ1v) is 8.32. The predicted octanol–water partition coefficient (Wildman–Crippen LogP) is 3.53. The lowest BCUT2D eigenvalue weighted by atomic mass is 10.1. The molecule has 0 saturated carbocycles. The lowest BCUT2D eigenvalue weighted by molar-refractivity contribution is 0.0884. The Morgan fingerprint density at radius 1 is 1.30 bits per heavy atom. The molecule has 0 bridgehead atoms. The molecule has 20 heavy (non-hydrogen) atoms. The number of carbonyl (C=O) groups excluding carboxylic acids is 1. The molecule has 0 fully saturated rings. The van der Waals surface area contributed by atoms with E-state index >= 15 is 0 Å². The van der Waals surface area contributed by atoms with Gasteiger partial charge < -0.3 is 5.73 Å². The molecule has 0 radical (unpaired) electrons. The number of nitrogens with zero attached hydrogens (tertiary/aromatic N) is 3. The fourth-order valence-corrected chi connectivity index (χ4v) is 2.30. The number of thioether (sulfide) groups is 1. The first kappa shape index (κ1) is 16.8. The topological polar surface area (TPSA) is 73.8 Å². The van der Waals surface area contributed by atoms with Crippen LogP contribution in [0.3, 0.4) is 0 Å². The molecule has 0 spiro atoms. The van der Waals surface area contributed by atoms with Gasteiger partial charge in [0, 0.05) is 6.42 Å². The molecule has 0 saturated heterocycles. The van der Waals surface area contributed by atoms with Gasteiger partial charge in [0.05, 0.1) is 0 Å². The highest BCUT2D eigenvalue weighted by Gasteiger charge is 2.12. The maximum atomic E-state index is 11.9. The van der Waals surface area contributed by atoms with Gasteiger partial charge in [0.25, 0.3) is 0 Å². The standard InChI is InChI=1S/C14H24N4OS/c1-3-4-5-6-7-8-9-10-11-12(19)18-13(15)16-14(17-18)20-2/h3H,1,4-11H2,2H3,(H2,15,16,17). The van der Waals surface area contributed by atoms with E-state index in [1.807, 2.05) is 12.3 Å². The molecule has 0 aliphatic heterocycles. The highest BCUT2D eigenvalue weighted by molar-refractivity contribution is 7.98. The lowest BCUT2D eigenvalue weighted by Crippen LogP contribution is -2.15. The summed E-state index contributed by atoms with van der Waals surface area (Å²) in [5.41, 5.74) is 5.66. The van der Waals surface area contributed by atoms with E-state index in [9.17, 15) is 4.79 Å². The average Bonchev–Trinajstić information content (AvgIpc) is 2.83. The van der Waals surface area contributed by atoms with Crippen molar-refractivity contribution in [2.24, 2.45) is 0 Å². The van der Waals surface area contributed by atoms with Crippen LogP contribution in [0.2, 0.25) is 0 Å². The van der Waals surface area contributed by atoms with Crippen molar-refractivity contribution in [2.45, 2.75) is 56.5 Å². The minimum atomic E-state index is -0.0676. The van der Waals surface area contributed by atoms with Crippen molar-refractivity contribution in [1.29, 1.82) is 0 Å². The van der Waals surface area contributed by atoms with Crippen molar-refractivity contribution in [3.05, 3.63) is 12.7 Å². The molecule has 0 aromatic carbocycles. The second-order valence-corrected chi connectivity index (χ2v) is 5.48. The molecular formula is C14H24N4OS. The van der Waals surface area contributed by atoms with Crippen LogP contribution in [0.15, 0.2) is 17.8 Å². The van der Waals surface area contributed by atoms with Gasteiger partial charge in [-0.1, -0.05) is 43.5 Å². The molecule has 2 N–H and O–H groups in total. The van der Waals surface area contributed by atoms with Crippen LogP contribution >= 0.6 is 11.8 Å². The maximum absolute atomic E-state index is 11.9. The van der Waals surface area contributed by atoms with Crippen LogP contribution in [-0.2, 0) is 0 Å². The number of aromatic nitrogens is 3. The molecule has 1 aromatic heterocycles. The summed E-state index contributed by atoms with van der Waals surface area (Å²) in [6.45, 7) is 3.71. The minimum Gasteiger partial charge on any atom is -0.368 e. The highest BCUT2D eigenvalue weighted by atomic mass is 32.2. The second kappa shape index (κ2) is 9.58. The van der Waals surface area contributed by atoms with Crippen LogP contribution < -0.4 is 5.73 Å². The Hall–Kier alpha value is -1.30. The Bertz CT molecular complexity index is 431. The Labute approximate surface area is 125 Å². The summed E-state index contributed by atoms with van der Waals surface area (Å²) in [5, 5.41) is 4.60. The van der Waals surface area contributed by atoms with E-state index in [0.717, 1.165) is 19.3 Å². The summed E-state index contributed by atoms with van der Waals surface area (Å²) in [5.74, 6) is 0.116. The zero-order valence-corrected chi connectivity index (χ0v) is 13.0. The molecule has 0 atom stereocenters. The van der Waals surface area contributed by atoms with E-state index in [4.69, 9.17) is 5.73 Å². The third-order valence-corrected chi connectivity index (χ3v) is 3.62. The molecule has 112 valence electrons. The summed E-state index contributed by atoms with van der Waals surface area (Å²) < 4.78 is 1.22. The van der Waals surface area contributed by atoms with Crippen molar-refractivity contribution in [3.8, 4) is 0 Å². The first-order valence-electron chi connectivity index (χ1n) is 7.09. The molecule has 1 heterocycles. The van der Waals surface area contributed by atoms with Crippen molar-refractivity contribution >= 4 is 23.6 Å². The molecule has 0 aliphatic rings. The Morgan fingerprint density at radius 3 is 2.55 bits per heavy atom. The monoisotopic (exact) mass is 296 g/mol.